The molecule has 0 radical (unpaired) electrons. The molecule has 0 aromatic carbocycles. The standard InChI is InChI=1S/C28H37N3O4S2/c1-17-6-8-19(9-7-17)25(32)31(20-10-12-21(13-11-20)35-27-29-18(2)30-37-27)23-16-22(14-15-28(3,4)5)36-24(23)26(33)34/h16-17,19-21H,6-13H2,1-5H3,(H,33,34). The zero-order valence-corrected chi connectivity index (χ0v) is 24.0. The van der Waals surface area contributed by atoms with Gasteiger partial charge in [0, 0.05) is 28.9 Å². The SMILES string of the molecule is Cc1nsc(OC2CCC(N(C(=O)C3CCC(C)CC3)c3cc(C#CC(C)(C)C)sc3C(=O)O)CC2)n1. The molecule has 2 heterocycles. The molecule has 200 valence electrons. The van der Waals surface area contributed by atoms with Gasteiger partial charge in [-0.3, -0.25) is 4.79 Å². The van der Waals surface area contributed by atoms with E-state index in [4.69, 9.17) is 4.74 Å². The van der Waals surface area contributed by atoms with Gasteiger partial charge in [0.15, 0.2) is 0 Å². The Morgan fingerprint density at radius 1 is 1.11 bits per heavy atom. The number of aromatic nitrogens is 2. The maximum absolute atomic E-state index is 14.0. The fourth-order valence-electron chi connectivity index (χ4n) is 5.11. The molecule has 2 aliphatic rings. The Labute approximate surface area is 227 Å². The summed E-state index contributed by atoms with van der Waals surface area (Å²) >= 11 is 2.42. The molecule has 37 heavy (non-hydrogen) atoms. The number of carboxylic acid groups (broad SMARTS) is 1. The van der Waals surface area contributed by atoms with Crippen molar-refractivity contribution < 1.29 is 19.4 Å². The third-order valence-corrected chi connectivity index (χ3v) is 8.84. The summed E-state index contributed by atoms with van der Waals surface area (Å²) in [5.41, 5.74) is 0.301. The van der Waals surface area contributed by atoms with Crippen LogP contribution in [0.5, 0.6) is 5.19 Å². The molecule has 0 unspecified atom stereocenters. The van der Waals surface area contributed by atoms with Crippen LogP contribution < -0.4 is 9.64 Å². The molecule has 2 aromatic heterocycles. The van der Waals surface area contributed by atoms with E-state index in [1.807, 2.05) is 38.7 Å². The Kier molecular flexibility index (Phi) is 8.59. The third-order valence-electron chi connectivity index (χ3n) is 7.11. The number of thiophene rings is 1. The Morgan fingerprint density at radius 2 is 1.78 bits per heavy atom. The van der Waals surface area contributed by atoms with Crippen molar-refractivity contribution in [3.05, 3.63) is 21.6 Å². The smallest absolute Gasteiger partial charge is 0.348 e. The summed E-state index contributed by atoms with van der Waals surface area (Å²) in [7, 11) is 0. The Bertz CT molecular complexity index is 1170. The van der Waals surface area contributed by atoms with Gasteiger partial charge in [-0.1, -0.05) is 18.8 Å². The average Bonchev–Trinajstić information content (AvgIpc) is 3.45. The molecular weight excluding hydrogens is 506 g/mol. The highest BCUT2D eigenvalue weighted by atomic mass is 32.1. The molecular formula is C28H37N3O4S2. The predicted molar refractivity (Wildman–Crippen MR) is 148 cm³/mol. The second-order valence-electron chi connectivity index (χ2n) is 11.5. The van der Waals surface area contributed by atoms with Crippen LogP contribution in [0.15, 0.2) is 6.07 Å². The van der Waals surface area contributed by atoms with Gasteiger partial charge in [0.1, 0.15) is 16.8 Å². The number of ether oxygens (including phenoxy) is 1. The molecule has 7 nitrogen and oxygen atoms in total. The number of rotatable bonds is 6. The van der Waals surface area contributed by atoms with Crippen molar-refractivity contribution in [2.45, 2.75) is 98.1 Å². The maximum Gasteiger partial charge on any atom is 0.348 e. The number of anilines is 1. The molecule has 2 aromatic rings. The summed E-state index contributed by atoms with van der Waals surface area (Å²) < 4.78 is 10.3. The topological polar surface area (TPSA) is 92.6 Å². The van der Waals surface area contributed by atoms with Crippen LogP contribution in [0.3, 0.4) is 0 Å². The molecule has 0 aliphatic heterocycles. The monoisotopic (exact) mass is 543 g/mol. The number of aryl methyl sites for hydroxylation is 1. The lowest BCUT2D eigenvalue weighted by Gasteiger charge is -2.39. The van der Waals surface area contributed by atoms with E-state index in [0.29, 0.717) is 27.5 Å². The molecule has 1 amide bonds. The van der Waals surface area contributed by atoms with E-state index in [1.54, 1.807) is 0 Å². The third kappa shape index (κ3) is 7.11. The summed E-state index contributed by atoms with van der Waals surface area (Å²) in [6.45, 7) is 10.2. The quantitative estimate of drug-likeness (QED) is 0.415. The van der Waals surface area contributed by atoms with E-state index in [1.165, 1.54) is 11.5 Å². The van der Waals surface area contributed by atoms with Gasteiger partial charge >= 0.3 is 5.97 Å². The fraction of sp³-hybridized carbons (Fsp3) is 0.643. The molecule has 0 saturated heterocycles. The van der Waals surface area contributed by atoms with Crippen LogP contribution in [0, 0.1) is 36.0 Å². The van der Waals surface area contributed by atoms with Crippen molar-refractivity contribution in [3.63, 3.8) is 0 Å². The molecule has 0 atom stereocenters. The lowest BCUT2D eigenvalue weighted by Crippen LogP contribution is -2.47. The first kappa shape index (κ1) is 27.6. The van der Waals surface area contributed by atoms with Gasteiger partial charge in [0.25, 0.3) is 5.19 Å². The first-order valence-corrected chi connectivity index (χ1v) is 14.8. The number of carbonyl (C=O) groups excluding carboxylic acids is 1. The highest BCUT2D eigenvalue weighted by molar-refractivity contribution is 7.15. The van der Waals surface area contributed by atoms with E-state index in [9.17, 15) is 14.7 Å². The van der Waals surface area contributed by atoms with Crippen molar-refractivity contribution in [1.82, 2.24) is 9.36 Å². The normalized spacial score (nSPS) is 24.1. The van der Waals surface area contributed by atoms with Crippen LogP contribution >= 0.6 is 22.9 Å². The lowest BCUT2D eigenvalue weighted by atomic mass is 9.81. The van der Waals surface area contributed by atoms with Crippen LogP contribution in [0.4, 0.5) is 5.69 Å². The highest BCUT2D eigenvalue weighted by Gasteiger charge is 2.38. The molecule has 2 fully saturated rings. The van der Waals surface area contributed by atoms with E-state index in [0.717, 1.165) is 62.7 Å². The minimum Gasteiger partial charge on any atom is -0.477 e. The number of amides is 1. The van der Waals surface area contributed by atoms with Crippen molar-refractivity contribution in [3.8, 4) is 17.0 Å². The predicted octanol–water partition coefficient (Wildman–Crippen LogP) is 6.55. The zero-order chi connectivity index (χ0) is 26.7. The lowest BCUT2D eigenvalue weighted by molar-refractivity contribution is -0.124. The van der Waals surface area contributed by atoms with Gasteiger partial charge in [-0.05, 0) is 91.0 Å². The summed E-state index contributed by atoms with van der Waals surface area (Å²) in [5, 5.41) is 10.7. The van der Waals surface area contributed by atoms with Crippen LogP contribution in [0.2, 0.25) is 0 Å². The van der Waals surface area contributed by atoms with Gasteiger partial charge < -0.3 is 14.7 Å². The fourth-order valence-corrected chi connectivity index (χ4v) is 6.56. The van der Waals surface area contributed by atoms with Gasteiger partial charge in [0.2, 0.25) is 5.91 Å². The Hall–Kier alpha value is -2.44. The molecule has 2 aliphatic carbocycles. The van der Waals surface area contributed by atoms with Crippen LogP contribution in [-0.4, -0.2) is 38.5 Å². The van der Waals surface area contributed by atoms with Crippen molar-refractivity contribution in [1.29, 1.82) is 0 Å². The average molecular weight is 544 g/mol. The first-order chi connectivity index (χ1) is 17.5. The van der Waals surface area contributed by atoms with Gasteiger partial charge in [0.05, 0.1) is 10.6 Å². The van der Waals surface area contributed by atoms with Crippen molar-refractivity contribution in [2.24, 2.45) is 17.3 Å². The van der Waals surface area contributed by atoms with Crippen LogP contribution in [-0.2, 0) is 4.79 Å². The number of hydrogen-bond donors (Lipinski definition) is 1. The minimum atomic E-state index is -1.01. The second-order valence-corrected chi connectivity index (χ2v) is 13.2. The second kappa shape index (κ2) is 11.5. The van der Waals surface area contributed by atoms with E-state index in [2.05, 4.69) is 28.1 Å². The number of aromatic carboxylic acids is 1. The molecule has 1 N–H and O–H groups in total. The van der Waals surface area contributed by atoms with Crippen molar-refractivity contribution in [2.75, 3.05) is 4.90 Å². The van der Waals surface area contributed by atoms with E-state index >= 15 is 0 Å². The number of nitrogens with zero attached hydrogens (tertiary/aromatic N) is 3. The molecule has 2 saturated carbocycles. The number of hydrogen-bond acceptors (Lipinski definition) is 7. The van der Waals surface area contributed by atoms with E-state index < -0.39 is 5.97 Å². The summed E-state index contributed by atoms with van der Waals surface area (Å²) in [5.74, 6) is 6.67. The van der Waals surface area contributed by atoms with Gasteiger partial charge in [-0.15, -0.1) is 11.3 Å². The molecule has 9 heteroatoms. The highest BCUT2D eigenvalue weighted by Crippen LogP contribution is 2.39. The zero-order valence-electron chi connectivity index (χ0n) is 22.4. The first-order valence-electron chi connectivity index (χ1n) is 13.2. The van der Waals surface area contributed by atoms with Crippen LogP contribution in [0.1, 0.15) is 99.4 Å². The Morgan fingerprint density at radius 3 is 2.35 bits per heavy atom. The number of carboxylic acids is 1. The van der Waals surface area contributed by atoms with Crippen LogP contribution in [0.25, 0.3) is 0 Å². The minimum absolute atomic E-state index is 0.0192. The summed E-state index contributed by atoms with van der Waals surface area (Å²) in [4.78, 5) is 33.4. The largest absolute Gasteiger partial charge is 0.477 e. The van der Waals surface area contributed by atoms with E-state index in [-0.39, 0.29) is 34.3 Å². The van der Waals surface area contributed by atoms with Gasteiger partial charge in [-0.2, -0.15) is 9.36 Å². The number of carbonyl (C=O) groups is 2. The molecule has 4 rings (SSSR count). The summed E-state index contributed by atoms with van der Waals surface area (Å²) in [6.07, 6.45) is 6.84. The Balaban J connectivity index is 1.61. The summed E-state index contributed by atoms with van der Waals surface area (Å²) in [6, 6.07) is 1.75. The van der Waals surface area contributed by atoms with Crippen molar-refractivity contribution >= 4 is 40.4 Å². The molecule has 0 bridgehead atoms. The maximum atomic E-state index is 14.0. The molecule has 0 spiro atoms. The van der Waals surface area contributed by atoms with Gasteiger partial charge in [-0.25, -0.2) is 4.79 Å².